The fourth-order valence-corrected chi connectivity index (χ4v) is 1.90. The van der Waals surface area contributed by atoms with Crippen LogP contribution in [0.4, 0.5) is 0 Å². The minimum atomic E-state index is -0.780. The molecule has 0 heterocycles. The van der Waals surface area contributed by atoms with Gasteiger partial charge in [0, 0.05) is 0 Å². The minimum absolute atomic E-state index is 0.00410. The van der Waals surface area contributed by atoms with Crippen LogP contribution in [0.1, 0.15) is 24.3 Å². The monoisotopic (exact) mass is 268 g/mol. The zero-order valence-electron chi connectivity index (χ0n) is 8.32. The van der Waals surface area contributed by atoms with Gasteiger partial charge in [-0.2, -0.15) is 0 Å². The summed E-state index contributed by atoms with van der Waals surface area (Å²) in [6, 6.07) is 9.65. The van der Waals surface area contributed by atoms with Gasteiger partial charge in [-0.3, -0.25) is 4.79 Å². The summed E-state index contributed by atoms with van der Waals surface area (Å²) in [4.78, 5) is 10.7. The average molecular weight is 269 g/mol. The Balaban J connectivity index is 2.81. The van der Waals surface area contributed by atoms with Crippen molar-refractivity contribution in [3.63, 3.8) is 0 Å². The number of halogens is 1. The SMILES string of the molecule is C=C(Br)CC(CC(=O)O)c1ccccc1. The van der Waals surface area contributed by atoms with Gasteiger partial charge in [-0.05, 0) is 22.4 Å². The first-order valence-electron chi connectivity index (χ1n) is 4.69. The number of allylic oxidation sites excluding steroid dienone is 1. The van der Waals surface area contributed by atoms with E-state index in [-0.39, 0.29) is 12.3 Å². The number of carbonyl (C=O) groups is 1. The fraction of sp³-hybridized carbons (Fsp3) is 0.250. The Morgan fingerprint density at radius 1 is 1.33 bits per heavy atom. The molecular weight excluding hydrogens is 256 g/mol. The smallest absolute Gasteiger partial charge is 0.303 e. The standard InChI is InChI=1S/C12H13BrO2/c1-9(13)7-11(8-12(14)15)10-5-3-2-4-6-10/h2-6,11H,1,7-8H2,(H,14,15). The molecule has 0 amide bonds. The first-order chi connectivity index (χ1) is 7.09. The lowest BCUT2D eigenvalue weighted by Crippen LogP contribution is -2.06. The van der Waals surface area contributed by atoms with Gasteiger partial charge in [0.05, 0.1) is 6.42 Å². The Kier molecular flexibility index (Phi) is 4.56. The summed E-state index contributed by atoms with van der Waals surface area (Å²) in [6.45, 7) is 3.75. The topological polar surface area (TPSA) is 37.3 Å². The van der Waals surface area contributed by atoms with Crippen molar-refractivity contribution in [2.24, 2.45) is 0 Å². The summed E-state index contributed by atoms with van der Waals surface area (Å²) in [6.07, 6.45) is 0.783. The van der Waals surface area contributed by atoms with Crippen LogP contribution >= 0.6 is 15.9 Å². The second kappa shape index (κ2) is 5.71. The van der Waals surface area contributed by atoms with E-state index in [4.69, 9.17) is 5.11 Å². The van der Waals surface area contributed by atoms with Gasteiger partial charge < -0.3 is 5.11 Å². The molecule has 1 aromatic rings. The third kappa shape index (κ3) is 4.30. The van der Waals surface area contributed by atoms with Crippen molar-refractivity contribution in [3.8, 4) is 0 Å². The maximum atomic E-state index is 10.7. The number of hydrogen-bond acceptors (Lipinski definition) is 1. The predicted molar refractivity (Wildman–Crippen MR) is 64.1 cm³/mol. The van der Waals surface area contributed by atoms with E-state index < -0.39 is 5.97 Å². The van der Waals surface area contributed by atoms with Gasteiger partial charge >= 0.3 is 5.97 Å². The molecular formula is C12H13BrO2. The van der Waals surface area contributed by atoms with E-state index in [2.05, 4.69) is 22.5 Å². The maximum absolute atomic E-state index is 10.7. The Morgan fingerprint density at radius 3 is 2.40 bits per heavy atom. The Labute approximate surface area is 97.8 Å². The largest absolute Gasteiger partial charge is 0.481 e. The van der Waals surface area contributed by atoms with Crippen LogP contribution in [-0.4, -0.2) is 11.1 Å². The molecule has 0 aromatic heterocycles. The molecule has 0 fully saturated rings. The van der Waals surface area contributed by atoms with Crippen LogP contribution in [0.5, 0.6) is 0 Å². The second-order valence-corrected chi connectivity index (χ2v) is 4.55. The van der Waals surface area contributed by atoms with Crippen LogP contribution in [0.3, 0.4) is 0 Å². The molecule has 0 aliphatic rings. The third-order valence-electron chi connectivity index (χ3n) is 2.16. The predicted octanol–water partition coefficient (Wildman–Crippen LogP) is 3.54. The molecule has 0 saturated heterocycles. The molecule has 1 unspecified atom stereocenters. The van der Waals surface area contributed by atoms with Crippen LogP contribution in [-0.2, 0) is 4.79 Å². The van der Waals surface area contributed by atoms with E-state index >= 15 is 0 Å². The summed E-state index contributed by atoms with van der Waals surface area (Å²) >= 11 is 3.27. The molecule has 1 rings (SSSR count). The van der Waals surface area contributed by atoms with Crippen molar-refractivity contribution in [2.75, 3.05) is 0 Å². The zero-order valence-corrected chi connectivity index (χ0v) is 9.90. The maximum Gasteiger partial charge on any atom is 0.303 e. The lowest BCUT2D eigenvalue weighted by atomic mass is 9.93. The molecule has 1 atom stereocenters. The number of carboxylic acids is 1. The van der Waals surface area contributed by atoms with E-state index in [1.54, 1.807) is 0 Å². The van der Waals surface area contributed by atoms with Gasteiger partial charge in [-0.25, -0.2) is 0 Å². The first kappa shape index (κ1) is 12.0. The van der Waals surface area contributed by atoms with Crippen LogP contribution in [0.25, 0.3) is 0 Å². The second-order valence-electron chi connectivity index (χ2n) is 3.43. The summed E-state index contributed by atoms with van der Waals surface area (Å²) in [5, 5.41) is 8.81. The fourth-order valence-electron chi connectivity index (χ4n) is 1.51. The van der Waals surface area contributed by atoms with Gasteiger partial charge in [-0.1, -0.05) is 52.8 Å². The van der Waals surface area contributed by atoms with Crippen molar-refractivity contribution < 1.29 is 9.90 Å². The summed E-state index contributed by atoms with van der Waals surface area (Å²) in [7, 11) is 0. The van der Waals surface area contributed by atoms with Crippen LogP contribution in [0.15, 0.2) is 41.4 Å². The van der Waals surface area contributed by atoms with E-state index in [1.807, 2.05) is 30.3 Å². The van der Waals surface area contributed by atoms with E-state index in [9.17, 15) is 4.79 Å². The van der Waals surface area contributed by atoms with Gasteiger partial charge in [0.2, 0.25) is 0 Å². The number of benzene rings is 1. The van der Waals surface area contributed by atoms with E-state index in [0.717, 1.165) is 10.0 Å². The highest BCUT2D eigenvalue weighted by molar-refractivity contribution is 9.11. The van der Waals surface area contributed by atoms with E-state index in [0.29, 0.717) is 6.42 Å². The molecule has 80 valence electrons. The summed E-state index contributed by atoms with van der Waals surface area (Å²) < 4.78 is 0.831. The van der Waals surface area contributed by atoms with Gasteiger partial charge in [0.25, 0.3) is 0 Å². The molecule has 0 saturated carbocycles. The molecule has 0 spiro atoms. The van der Waals surface area contributed by atoms with Gasteiger partial charge in [0.1, 0.15) is 0 Å². The molecule has 0 radical (unpaired) electrons. The Morgan fingerprint density at radius 2 is 1.93 bits per heavy atom. The quantitative estimate of drug-likeness (QED) is 0.887. The van der Waals surface area contributed by atoms with Crippen LogP contribution in [0.2, 0.25) is 0 Å². The molecule has 15 heavy (non-hydrogen) atoms. The van der Waals surface area contributed by atoms with Crippen molar-refractivity contribution in [1.82, 2.24) is 0 Å². The molecule has 0 bridgehead atoms. The average Bonchev–Trinajstić information content (AvgIpc) is 2.17. The van der Waals surface area contributed by atoms with Crippen molar-refractivity contribution in [1.29, 1.82) is 0 Å². The van der Waals surface area contributed by atoms with Crippen molar-refractivity contribution >= 4 is 21.9 Å². The van der Waals surface area contributed by atoms with Crippen molar-refractivity contribution in [2.45, 2.75) is 18.8 Å². The minimum Gasteiger partial charge on any atom is -0.481 e. The Bertz CT molecular complexity index is 330. The molecule has 3 heteroatoms. The molecule has 1 N–H and O–H groups in total. The van der Waals surface area contributed by atoms with Crippen molar-refractivity contribution in [3.05, 3.63) is 47.0 Å². The first-order valence-corrected chi connectivity index (χ1v) is 5.49. The molecule has 1 aromatic carbocycles. The number of hydrogen-bond donors (Lipinski definition) is 1. The molecule has 0 aliphatic heterocycles. The molecule has 0 aliphatic carbocycles. The highest BCUT2D eigenvalue weighted by atomic mass is 79.9. The normalized spacial score (nSPS) is 12.1. The zero-order chi connectivity index (χ0) is 11.3. The van der Waals surface area contributed by atoms with Gasteiger partial charge in [0.15, 0.2) is 0 Å². The van der Waals surface area contributed by atoms with Crippen LogP contribution in [0, 0.1) is 0 Å². The lowest BCUT2D eigenvalue weighted by Gasteiger charge is -2.14. The number of aliphatic carboxylic acids is 1. The lowest BCUT2D eigenvalue weighted by molar-refractivity contribution is -0.137. The third-order valence-corrected chi connectivity index (χ3v) is 2.48. The highest BCUT2D eigenvalue weighted by Gasteiger charge is 2.15. The molecule has 2 nitrogen and oxygen atoms in total. The number of carboxylic acid groups (broad SMARTS) is 1. The summed E-state index contributed by atoms with van der Waals surface area (Å²) in [5.41, 5.74) is 1.04. The highest BCUT2D eigenvalue weighted by Crippen LogP contribution is 2.28. The van der Waals surface area contributed by atoms with E-state index in [1.165, 1.54) is 0 Å². The van der Waals surface area contributed by atoms with Gasteiger partial charge in [-0.15, -0.1) is 0 Å². The van der Waals surface area contributed by atoms with Crippen LogP contribution < -0.4 is 0 Å². The summed E-state index contributed by atoms with van der Waals surface area (Å²) in [5.74, 6) is -0.784. The number of rotatable bonds is 5. The Hall–Kier alpha value is -1.09.